The average Bonchev–Trinajstić information content (AvgIpc) is 2.87. The molecule has 2 rings (SSSR count). The van der Waals surface area contributed by atoms with Gasteiger partial charge in [0.25, 0.3) is 0 Å². The Hall–Kier alpha value is -1.04. The van der Waals surface area contributed by atoms with Crippen molar-refractivity contribution < 1.29 is 13.5 Å². The summed E-state index contributed by atoms with van der Waals surface area (Å²) in [5.41, 5.74) is 1.76. The summed E-state index contributed by atoms with van der Waals surface area (Å²) in [7, 11) is 0. The number of alkyl halides is 2. The van der Waals surface area contributed by atoms with Crippen LogP contribution in [0.4, 0.5) is 14.5 Å². The van der Waals surface area contributed by atoms with Crippen molar-refractivity contribution in [2.75, 3.05) is 5.32 Å². The van der Waals surface area contributed by atoms with Crippen LogP contribution in [0, 0.1) is 0 Å². The Morgan fingerprint density at radius 3 is 2.40 bits per heavy atom. The van der Waals surface area contributed by atoms with E-state index in [1.165, 1.54) is 12.1 Å². The standard InChI is InChI=1S/C13H11Cl2F2NOS/c1-7(8-2-3-20-6-8)18-9-4-10(14)12(11(15)5-9)19-13(16)17/h2-7,13,18H,1H3. The molecule has 2 nitrogen and oxygen atoms in total. The molecule has 0 aliphatic carbocycles. The van der Waals surface area contributed by atoms with Crippen LogP contribution in [0.2, 0.25) is 10.0 Å². The first-order chi connectivity index (χ1) is 9.47. The summed E-state index contributed by atoms with van der Waals surface area (Å²) in [6.45, 7) is -0.985. The zero-order chi connectivity index (χ0) is 14.7. The maximum atomic E-state index is 12.2. The van der Waals surface area contributed by atoms with Crippen molar-refractivity contribution in [1.29, 1.82) is 0 Å². The van der Waals surface area contributed by atoms with Crippen molar-refractivity contribution >= 4 is 40.2 Å². The highest BCUT2D eigenvalue weighted by Gasteiger charge is 2.15. The summed E-state index contributed by atoms with van der Waals surface area (Å²) in [6.07, 6.45) is 0. The molecule has 1 atom stereocenters. The number of thiophene rings is 1. The number of benzene rings is 1. The van der Waals surface area contributed by atoms with Crippen LogP contribution in [0.1, 0.15) is 18.5 Å². The number of ether oxygens (including phenoxy) is 1. The molecule has 0 aliphatic rings. The molecule has 0 spiro atoms. The van der Waals surface area contributed by atoms with E-state index >= 15 is 0 Å². The van der Waals surface area contributed by atoms with Crippen LogP contribution in [-0.4, -0.2) is 6.61 Å². The molecule has 7 heteroatoms. The Kier molecular flexibility index (Phi) is 5.07. The lowest BCUT2D eigenvalue weighted by Crippen LogP contribution is -2.07. The quantitative estimate of drug-likeness (QED) is 0.741. The Morgan fingerprint density at radius 2 is 1.90 bits per heavy atom. The van der Waals surface area contributed by atoms with Gasteiger partial charge in [0.1, 0.15) is 0 Å². The van der Waals surface area contributed by atoms with Crippen LogP contribution < -0.4 is 10.1 Å². The molecule has 0 saturated carbocycles. The normalized spacial score (nSPS) is 12.5. The Labute approximate surface area is 129 Å². The third kappa shape index (κ3) is 3.75. The smallest absolute Gasteiger partial charge is 0.387 e. The van der Waals surface area contributed by atoms with E-state index in [1.54, 1.807) is 11.3 Å². The third-order valence-corrected chi connectivity index (χ3v) is 3.89. The van der Waals surface area contributed by atoms with Gasteiger partial charge >= 0.3 is 6.61 Å². The van der Waals surface area contributed by atoms with Crippen LogP contribution in [0.15, 0.2) is 29.0 Å². The van der Waals surface area contributed by atoms with E-state index in [9.17, 15) is 8.78 Å². The fourth-order valence-electron chi connectivity index (χ4n) is 1.70. The molecule has 0 aliphatic heterocycles. The molecular formula is C13H11Cl2F2NOS. The van der Waals surface area contributed by atoms with Crippen molar-refractivity contribution in [2.45, 2.75) is 19.6 Å². The van der Waals surface area contributed by atoms with Crippen molar-refractivity contribution in [3.8, 4) is 5.75 Å². The van der Waals surface area contributed by atoms with Crippen molar-refractivity contribution in [3.63, 3.8) is 0 Å². The summed E-state index contributed by atoms with van der Waals surface area (Å²) >= 11 is 13.4. The zero-order valence-corrected chi connectivity index (χ0v) is 12.7. The number of hydrogen-bond donors (Lipinski definition) is 1. The van der Waals surface area contributed by atoms with E-state index in [1.807, 2.05) is 23.8 Å². The zero-order valence-electron chi connectivity index (χ0n) is 10.4. The van der Waals surface area contributed by atoms with Crippen LogP contribution in [0.3, 0.4) is 0 Å². The summed E-state index contributed by atoms with van der Waals surface area (Å²) in [4.78, 5) is 0. The second kappa shape index (κ2) is 6.61. The van der Waals surface area contributed by atoms with E-state index in [0.29, 0.717) is 5.69 Å². The molecule has 0 amide bonds. The van der Waals surface area contributed by atoms with Gasteiger partial charge < -0.3 is 10.1 Å². The van der Waals surface area contributed by atoms with Crippen LogP contribution in [-0.2, 0) is 0 Å². The topological polar surface area (TPSA) is 21.3 Å². The van der Waals surface area contributed by atoms with Gasteiger partial charge in [-0.15, -0.1) is 0 Å². The number of hydrogen-bond acceptors (Lipinski definition) is 3. The maximum Gasteiger partial charge on any atom is 0.387 e. The Balaban J connectivity index is 2.18. The molecule has 0 bridgehead atoms. The lowest BCUT2D eigenvalue weighted by atomic mass is 10.1. The monoisotopic (exact) mass is 337 g/mol. The van der Waals surface area contributed by atoms with Crippen molar-refractivity contribution in [1.82, 2.24) is 0 Å². The molecule has 1 heterocycles. The van der Waals surface area contributed by atoms with Gasteiger partial charge in [-0.05, 0) is 41.4 Å². The minimum Gasteiger partial charge on any atom is -0.432 e. The predicted octanol–water partition coefficient (Wildman–Crippen LogP) is 5.83. The van der Waals surface area contributed by atoms with Gasteiger partial charge in [-0.2, -0.15) is 20.1 Å². The van der Waals surface area contributed by atoms with Gasteiger partial charge in [0.2, 0.25) is 0 Å². The molecule has 0 radical (unpaired) electrons. The predicted molar refractivity (Wildman–Crippen MR) is 79.5 cm³/mol. The van der Waals surface area contributed by atoms with Crippen LogP contribution in [0.25, 0.3) is 0 Å². The van der Waals surface area contributed by atoms with Crippen molar-refractivity contribution in [3.05, 3.63) is 44.6 Å². The van der Waals surface area contributed by atoms with Gasteiger partial charge in [0.15, 0.2) is 5.75 Å². The van der Waals surface area contributed by atoms with E-state index in [4.69, 9.17) is 23.2 Å². The third-order valence-electron chi connectivity index (χ3n) is 2.63. The summed E-state index contributed by atoms with van der Waals surface area (Å²) in [5.74, 6) is -0.211. The van der Waals surface area contributed by atoms with E-state index in [2.05, 4.69) is 10.1 Å². The lowest BCUT2D eigenvalue weighted by Gasteiger charge is -2.16. The van der Waals surface area contributed by atoms with Crippen LogP contribution >= 0.6 is 34.5 Å². The Morgan fingerprint density at radius 1 is 1.25 bits per heavy atom. The molecule has 108 valence electrons. The molecule has 0 saturated heterocycles. The largest absolute Gasteiger partial charge is 0.432 e. The average molecular weight is 338 g/mol. The molecule has 1 aromatic heterocycles. The minimum atomic E-state index is -2.96. The van der Waals surface area contributed by atoms with E-state index in [-0.39, 0.29) is 21.8 Å². The fraction of sp³-hybridized carbons (Fsp3) is 0.231. The second-order valence-corrected chi connectivity index (χ2v) is 5.66. The van der Waals surface area contributed by atoms with Gasteiger partial charge in [-0.3, -0.25) is 0 Å². The molecule has 1 aromatic carbocycles. The first kappa shape index (κ1) is 15.4. The van der Waals surface area contributed by atoms with E-state index < -0.39 is 6.61 Å². The highest BCUT2D eigenvalue weighted by Crippen LogP contribution is 2.37. The molecule has 1 N–H and O–H groups in total. The van der Waals surface area contributed by atoms with Crippen LogP contribution in [0.5, 0.6) is 5.75 Å². The molecule has 2 aromatic rings. The van der Waals surface area contributed by atoms with Crippen molar-refractivity contribution in [2.24, 2.45) is 0 Å². The fourth-order valence-corrected chi connectivity index (χ4v) is 3.03. The summed E-state index contributed by atoms with van der Waals surface area (Å²) < 4.78 is 28.7. The maximum absolute atomic E-state index is 12.2. The van der Waals surface area contributed by atoms with Gasteiger partial charge in [-0.1, -0.05) is 23.2 Å². The highest BCUT2D eigenvalue weighted by atomic mass is 35.5. The minimum absolute atomic E-state index is 0.0396. The summed E-state index contributed by atoms with van der Waals surface area (Å²) in [5, 5.41) is 7.28. The molecule has 0 fully saturated rings. The molecular weight excluding hydrogens is 327 g/mol. The first-order valence-electron chi connectivity index (χ1n) is 5.70. The lowest BCUT2D eigenvalue weighted by molar-refractivity contribution is -0.0497. The number of rotatable bonds is 5. The first-order valence-corrected chi connectivity index (χ1v) is 7.39. The van der Waals surface area contributed by atoms with Gasteiger partial charge in [0.05, 0.1) is 10.0 Å². The molecule has 20 heavy (non-hydrogen) atoms. The Bertz CT molecular complexity index is 555. The van der Waals surface area contributed by atoms with E-state index in [0.717, 1.165) is 5.56 Å². The number of anilines is 1. The SMILES string of the molecule is CC(Nc1cc(Cl)c(OC(F)F)c(Cl)c1)c1ccsc1. The summed E-state index contributed by atoms with van der Waals surface area (Å²) in [6, 6.07) is 5.07. The second-order valence-electron chi connectivity index (χ2n) is 4.07. The highest BCUT2D eigenvalue weighted by molar-refractivity contribution is 7.08. The number of halogens is 4. The van der Waals surface area contributed by atoms with Gasteiger partial charge in [-0.25, -0.2) is 0 Å². The number of nitrogens with one attached hydrogen (secondary N) is 1. The van der Waals surface area contributed by atoms with Gasteiger partial charge in [0, 0.05) is 11.7 Å². The molecule has 1 unspecified atom stereocenters.